The van der Waals surface area contributed by atoms with E-state index in [1.165, 1.54) is 17.7 Å². The summed E-state index contributed by atoms with van der Waals surface area (Å²) in [5, 5.41) is 0. The molecule has 4 rings (SSSR count). The molecule has 0 bridgehead atoms. The highest BCUT2D eigenvalue weighted by atomic mass is 19.1. The molecule has 116 valence electrons. The van der Waals surface area contributed by atoms with Crippen LogP contribution in [0.25, 0.3) is 22.4 Å². The Kier molecular flexibility index (Phi) is 3.18. The number of halogens is 1. The molecule has 1 aromatic heterocycles. The monoisotopic (exact) mass is 308 g/mol. The summed E-state index contributed by atoms with van der Waals surface area (Å²) < 4.78 is 17.1. The molecule has 0 unspecified atom stereocenters. The van der Waals surface area contributed by atoms with Crippen LogP contribution < -0.4 is 5.56 Å². The molecule has 1 aliphatic rings. The number of aromatic nitrogens is 2. The third-order valence-corrected chi connectivity index (χ3v) is 4.43. The quantitative estimate of drug-likeness (QED) is 0.707. The Morgan fingerprint density at radius 3 is 2.17 bits per heavy atom. The third kappa shape index (κ3) is 2.22. The van der Waals surface area contributed by atoms with Gasteiger partial charge in [-0.3, -0.25) is 9.48 Å². The van der Waals surface area contributed by atoms with E-state index in [-0.39, 0.29) is 11.4 Å². The topological polar surface area (TPSA) is 26.9 Å². The zero-order chi connectivity index (χ0) is 16.0. The van der Waals surface area contributed by atoms with Crippen LogP contribution >= 0.6 is 0 Å². The van der Waals surface area contributed by atoms with E-state index in [0.717, 1.165) is 36.3 Å². The number of hydrogen-bond donors (Lipinski definition) is 0. The average molecular weight is 308 g/mol. The first-order valence-corrected chi connectivity index (χ1v) is 7.82. The van der Waals surface area contributed by atoms with Gasteiger partial charge in [0.2, 0.25) is 0 Å². The zero-order valence-electron chi connectivity index (χ0n) is 12.9. The lowest BCUT2D eigenvalue weighted by Crippen LogP contribution is -2.17. The van der Waals surface area contributed by atoms with Crippen LogP contribution in [0.2, 0.25) is 0 Å². The Hall–Kier alpha value is -2.62. The third-order valence-electron chi connectivity index (χ3n) is 4.43. The van der Waals surface area contributed by atoms with Crippen molar-refractivity contribution in [3.05, 3.63) is 70.3 Å². The maximum absolute atomic E-state index is 13.2. The predicted molar refractivity (Wildman–Crippen MR) is 88.9 cm³/mol. The molecule has 0 radical (unpaired) electrons. The van der Waals surface area contributed by atoms with Crippen molar-refractivity contribution in [1.82, 2.24) is 9.36 Å². The van der Waals surface area contributed by atoms with Gasteiger partial charge in [-0.05, 0) is 31.0 Å². The highest BCUT2D eigenvalue weighted by molar-refractivity contribution is 5.81. The van der Waals surface area contributed by atoms with Gasteiger partial charge in [0.25, 0.3) is 5.56 Å². The second-order valence-electron chi connectivity index (χ2n) is 6.00. The molecule has 3 nitrogen and oxygen atoms in total. The van der Waals surface area contributed by atoms with Gasteiger partial charge in [-0.1, -0.05) is 42.0 Å². The Bertz CT molecular complexity index is 918. The van der Waals surface area contributed by atoms with E-state index in [0.29, 0.717) is 5.56 Å². The summed E-state index contributed by atoms with van der Waals surface area (Å²) in [6.45, 7) is 3.61. The van der Waals surface area contributed by atoms with Crippen LogP contribution in [0.15, 0.2) is 53.3 Å². The molecule has 0 atom stereocenters. The Morgan fingerprint density at radius 2 is 1.48 bits per heavy atom. The Balaban J connectivity index is 2.00. The van der Waals surface area contributed by atoms with Crippen molar-refractivity contribution in [3.8, 4) is 22.4 Å². The SMILES string of the molecule is Cc1ccc(-c2c(-c3ccc(F)cc3)c(=O)n3n2CCC3)cc1. The number of benzene rings is 2. The van der Waals surface area contributed by atoms with Gasteiger partial charge in [0.1, 0.15) is 5.82 Å². The first-order chi connectivity index (χ1) is 11.1. The average Bonchev–Trinajstić information content (AvgIpc) is 3.12. The summed E-state index contributed by atoms with van der Waals surface area (Å²) in [5.74, 6) is -0.294. The highest BCUT2D eigenvalue weighted by Crippen LogP contribution is 2.32. The highest BCUT2D eigenvalue weighted by Gasteiger charge is 2.25. The van der Waals surface area contributed by atoms with Crippen LogP contribution in [-0.2, 0) is 13.1 Å². The molecule has 0 aliphatic carbocycles. The molecule has 2 aromatic carbocycles. The molecular formula is C19H17FN2O. The van der Waals surface area contributed by atoms with Gasteiger partial charge in [-0.15, -0.1) is 0 Å². The molecule has 0 spiro atoms. The van der Waals surface area contributed by atoms with Crippen LogP contribution in [0.1, 0.15) is 12.0 Å². The minimum Gasteiger partial charge on any atom is -0.281 e. The fourth-order valence-corrected chi connectivity index (χ4v) is 3.30. The predicted octanol–water partition coefficient (Wildman–Crippen LogP) is 3.84. The van der Waals surface area contributed by atoms with Crippen LogP contribution in [-0.4, -0.2) is 9.36 Å². The van der Waals surface area contributed by atoms with Crippen LogP contribution in [0.5, 0.6) is 0 Å². The molecule has 0 saturated heterocycles. The molecule has 23 heavy (non-hydrogen) atoms. The second kappa shape index (κ2) is 5.23. The smallest absolute Gasteiger partial charge is 0.275 e. The van der Waals surface area contributed by atoms with E-state index < -0.39 is 0 Å². The van der Waals surface area contributed by atoms with Crippen molar-refractivity contribution < 1.29 is 4.39 Å². The number of nitrogens with zero attached hydrogens (tertiary/aromatic N) is 2. The summed E-state index contributed by atoms with van der Waals surface area (Å²) in [6, 6.07) is 14.4. The molecule has 3 aromatic rings. The van der Waals surface area contributed by atoms with E-state index in [1.807, 2.05) is 31.2 Å². The van der Waals surface area contributed by atoms with E-state index in [2.05, 4.69) is 4.68 Å². The Morgan fingerprint density at radius 1 is 0.870 bits per heavy atom. The summed E-state index contributed by atoms with van der Waals surface area (Å²) in [5.41, 5.74) is 4.56. The van der Waals surface area contributed by atoms with Gasteiger partial charge >= 0.3 is 0 Å². The first-order valence-electron chi connectivity index (χ1n) is 7.82. The lowest BCUT2D eigenvalue weighted by atomic mass is 10.0. The number of hydrogen-bond acceptors (Lipinski definition) is 1. The lowest BCUT2D eigenvalue weighted by molar-refractivity contribution is 0.599. The van der Waals surface area contributed by atoms with E-state index >= 15 is 0 Å². The molecule has 0 fully saturated rings. The second-order valence-corrected chi connectivity index (χ2v) is 6.00. The standard InChI is InChI=1S/C19H17FN2O/c1-13-3-5-15(6-4-13)18-17(14-7-9-16(20)10-8-14)19(23)22-12-2-11-21(18)22/h3-10H,2,11-12H2,1H3. The summed E-state index contributed by atoms with van der Waals surface area (Å²) in [6.07, 6.45) is 0.970. The minimum absolute atomic E-state index is 0.00434. The van der Waals surface area contributed by atoms with Gasteiger partial charge in [0.05, 0.1) is 11.3 Å². The van der Waals surface area contributed by atoms with Crippen molar-refractivity contribution in [3.63, 3.8) is 0 Å². The number of rotatable bonds is 2. The van der Waals surface area contributed by atoms with Crippen LogP contribution in [0, 0.1) is 12.7 Å². The fourth-order valence-electron chi connectivity index (χ4n) is 3.30. The minimum atomic E-state index is -0.294. The van der Waals surface area contributed by atoms with E-state index in [4.69, 9.17) is 0 Å². The largest absolute Gasteiger partial charge is 0.281 e. The van der Waals surface area contributed by atoms with Gasteiger partial charge in [0, 0.05) is 18.7 Å². The van der Waals surface area contributed by atoms with Gasteiger partial charge < -0.3 is 0 Å². The molecular weight excluding hydrogens is 291 g/mol. The van der Waals surface area contributed by atoms with Crippen molar-refractivity contribution in [2.45, 2.75) is 26.4 Å². The normalized spacial score (nSPS) is 13.3. The van der Waals surface area contributed by atoms with Crippen molar-refractivity contribution in [2.75, 3.05) is 0 Å². The number of aryl methyl sites for hydroxylation is 1. The fraction of sp³-hybridized carbons (Fsp3) is 0.211. The van der Waals surface area contributed by atoms with Gasteiger partial charge in [-0.2, -0.15) is 0 Å². The van der Waals surface area contributed by atoms with Crippen LogP contribution in [0.3, 0.4) is 0 Å². The van der Waals surface area contributed by atoms with Gasteiger partial charge in [0.15, 0.2) is 0 Å². The van der Waals surface area contributed by atoms with Gasteiger partial charge in [-0.25, -0.2) is 9.07 Å². The summed E-state index contributed by atoms with van der Waals surface area (Å²) in [4.78, 5) is 12.9. The lowest BCUT2D eigenvalue weighted by Gasteiger charge is -2.09. The number of fused-ring (bicyclic) bond motifs is 1. The Labute approximate surface area is 133 Å². The molecule has 0 N–H and O–H groups in total. The molecule has 1 aliphatic heterocycles. The van der Waals surface area contributed by atoms with Crippen LogP contribution in [0.4, 0.5) is 4.39 Å². The van der Waals surface area contributed by atoms with Crippen molar-refractivity contribution in [1.29, 1.82) is 0 Å². The first kappa shape index (κ1) is 14.0. The molecule has 2 heterocycles. The maximum atomic E-state index is 13.2. The van der Waals surface area contributed by atoms with E-state index in [9.17, 15) is 9.18 Å². The summed E-state index contributed by atoms with van der Waals surface area (Å²) >= 11 is 0. The molecule has 0 amide bonds. The zero-order valence-corrected chi connectivity index (χ0v) is 12.9. The van der Waals surface area contributed by atoms with Crippen molar-refractivity contribution in [2.24, 2.45) is 0 Å². The van der Waals surface area contributed by atoms with Crippen molar-refractivity contribution >= 4 is 0 Å². The summed E-state index contributed by atoms with van der Waals surface area (Å²) in [7, 11) is 0. The van der Waals surface area contributed by atoms with E-state index in [1.54, 1.807) is 16.8 Å². The molecule has 4 heteroatoms. The molecule has 0 saturated carbocycles. The maximum Gasteiger partial charge on any atom is 0.275 e.